The number of nitrogens with zero attached hydrogens (tertiary/aromatic N) is 3. The first kappa shape index (κ1) is 15.3. The zero-order valence-corrected chi connectivity index (χ0v) is 13.0. The fraction of sp³-hybridized carbons (Fsp3) is 0.111. The monoisotopic (exact) mass is 422 g/mol. The van der Waals surface area contributed by atoms with Crippen molar-refractivity contribution in [1.29, 1.82) is 0 Å². The van der Waals surface area contributed by atoms with Gasteiger partial charge in [0.05, 0.1) is 4.92 Å². The smallest absolute Gasteiger partial charge is 0.332 e. The molecule has 0 bridgehead atoms. The van der Waals surface area contributed by atoms with Gasteiger partial charge >= 0.3 is 5.82 Å². The van der Waals surface area contributed by atoms with Crippen LogP contribution in [0.5, 0.6) is 0 Å². The molecule has 110 valence electrons. The minimum absolute atomic E-state index is 0.0542. The van der Waals surface area contributed by atoms with E-state index in [2.05, 4.69) is 36.8 Å². The largest absolute Gasteiger partial charge is 0.358 e. The molecule has 0 amide bonds. The predicted molar refractivity (Wildman–Crippen MR) is 77.7 cm³/mol. The van der Waals surface area contributed by atoms with Crippen LogP contribution >= 0.6 is 31.9 Å². The van der Waals surface area contributed by atoms with Gasteiger partial charge in [0.15, 0.2) is 0 Å². The second-order valence-electron chi connectivity index (χ2n) is 3.90. The zero-order chi connectivity index (χ0) is 15.9. The number of nitrogens with one attached hydrogen (secondary N) is 1. The molecule has 10 nitrogen and oxygen atoms in total. The highest BCUT2D eigenvalue weighted by molar-refractivity contribution is 9.13. The lowest BCUT2D eigenvalue weighted by molar-refractivity contribution is -0.498. The van der Waals surface area contributed by atoms with E-state index in [1.54, 1.807) is 0 Å². The van der Waals surface area contributed by atoms with Gasteiger partial charge in [0.25, 0.3) is 5.69 Å². The van der Waals surface area contributed by atoms with Gasteiger partial charge in [0.1, 0.15) is 20.9 Å². The van der Waals surface area contributed by atoms with Crippen LogP contribution in [-0.2, 0) is 6.54 Å². The molecule has 0 radical (unpaired) electrons. The maximum Gasteiger partial charge on any atom is 0.332 e. The Bertz CT molecular complexity index is 801. The van der Waals surface area contributed by atoms with Crippen LogP contribution in [0.1, 0.15) is 5.56 Å². The average Bonchev–Trinajstić information content (AvgIpc) is 2.68. The molecule has 0 fully saturated rings. The van der Waals surface area contributed by atoms with Crippen molar-refractivity contribution in [2.75, 3.05) is 0 Å². The number of hydrogen-bond acceptors (Lipinski definition) is 6. The van der Waals surface area contributed by atoms with Crippen molar-refractivity contribution in [1.82, 2.24) is 4.98 Å². The van der Waals surface area contributed by atoms with E-state index >= 15 is 0 Å². The number of nitro groups is 3. The molecule has 12 heteroatoms. The van der Waals surface area contributed by atoms with Crippen molar-refractivity contribution < 1.29 is 14.8 Å². The normalized spacial score (nSPS) is 10.8. The molecule has 0 saturated heterocycles. The number of aromatic nitrogens is 1. The van der Waals surface area contributed by atoms with E-state index in [9.17, 15) is 30.3 Å². The summed E-state index contributed by atoms with van der Waals surface area (Å²) in [5.74, 6) is -0.630. The van der Waals surface area contributed by atoms with E-state index in [4.69, 9.17) is 0 Å². The van der Waals surface area contributed by atoms with Crippen LogP contribution < -0.4 is 0 Å². The van der Waals surface area contributed by atoms with E-state index in [0.717, 1.165) is 0 Å². The Morgan fingerprint density at radius 1 is 1.10 bits per heavy atom. The summed E-state index contributed by atoms with van der Waals surface area (Å²) in [6.45, 7) is -0.898. The number of nitro benzene ring substituents is 1. The SMILES string of the molecule is O=[N+]([O-])Cc1c([N+](=O)[O-])[nH]c2cc(Br)c(Br)c([N+](=O)[O-])c12. The van der Waals surface area contributed by atoms with E-state index in [-0.39, 0.29) is 20.9 Å². The third-order valence-electron chi connectivity index (χ3n) is 2.69. The Morgan fingerprint density at radius 2 is 1.71 bits per heavy atom. The van der Waals surface area contributed by atoms with Gasteiger partial charge < -0.3 is 10.1 Å². The lowest BCUT2D eigenvalue weighted by Crippen LogP contribution is -2.02. The van der Waals surface area contributed by atoms with Gasteiger partial charge in [0.2, 0.25) is 6.54 Å². The van der Waals surface area contributed by atoms with E-state index in [0.29, 0.717) is 4.47 Å². The highest BCUT2D eigenvalue weighted by Crippen LogP contribution is 2.43. The molecule has 2 aromatic rings. The van der Waals surface area contributed by atoms with Gasteiger partial charge in [-0.05, 0) is 36.8 Å². The van der Waals surface area contributed by atoms with Crippen LogP contribution in [0.4, 0.5) is 11.5 Å². The van der Waals surface area contributed by atoms with Crippen LogP contribution in [0, 0.1) is 30.3 Å². The van der Waals surface area contributed by atoms with Crippen LogP contribution in [-0.4, -0.2) is 19.8 Å². The number of fused-ring (bicyclic) bond motifs is 1. The summed E-state index contributed by atoms with van der Waals surface area (Å²) in [7, 11) is 0. The average molecular weight is 424 g/mol. The molecule has 1 N–H and O–H groups in total. The molecule has 2 rings (SSSR count). The minimum atomic E-state index is -0.898. The number of benzene rings is 1. The maximum absolute atomic E-state index is 11.2. The van der Waals surface area contributed by atoms with Crippen molar-refractivity contribution in [2.24, 2.45) is 0 Å². The van der Waals surface area contributed by atoms with Crippen molar-refractivity contribution >= 4 is 54.3 Å². The Balaban J connectivity index is 2.98. The Kier molecular flexibility index (Phi) is 3.91. The quantitative estimate of drug-likeness (QED) is 0.589. The molecule has 0 atom stereocenters. The van der Waals surface area contributed by atoms with Gasteiger partial charge in [-0.25, -0.2) is 4.98 Å². The summed E-state index contributed by atoms with van der Waals surface area (Å²) in [5, 5.41) is 32.7. The van der Waals surface area contributed by atoms with Gasteiger partial charge in [-0.2, -0.15) is 0 Å². The molecule has 1 aromatic carbocycles. The Hall–Kier alpha value is -2.08. The first-order valence-electron chi connectivity index (χ1n) is 5.17. The fourth-order valence-electron chi connectivity index (χ4n) is 1.95. The third-order valence-corrected chi connectivity index (χ3v) is 4.65. The second-order valence-corrected chi connectivity index (χ2v) is 5.55. The third kappa shape index (κ3) is 2.58. The summed E-state index contributed by atoms with van der Waals surface area (Å²) in [4.78, 5) is 32.9. The second kappa shape index (κ2) is 5.37. The topological polar surface area (TPSA) is 145 Å². The van der Waals surface area contributed by atoms with Gasteiger partial charge in [0, 0.05) is 15.5 Å². The van der Waals surface area contributed by atoms with Crippen molar-refractivity contribution in [3.05, 3.63) is 50.9 Å². The predicted octanol–water partition coefficient (Wildman–Crippen LogP) is 3.29. The maximum atomic E-state index is 11.2. The lowest BCUT2D eigenvalue weighted by Gasteiger charge is -2.00. The van der Waals surface area contributed by atoms with Crippen LogP contribution in [0.2, 0.25) is 0 Å². The lowest BCUT2D eigenvalue weighted by atomic mass is 10.1. The number of rotatable bonds is 4. The van der Waals surface area contributed by atoms with Gasteiger partial charge in [-0.3, -0.25) is 20.2 Å². The first-order valence-corrected chi connectivity index (χ1v) is 6.75. The molecule has 0 aliphatic carbocycles. The van der Waals surface area contributed by atoms with Gasteiger partial charge in [-0.1, -0.05) is 0 Å². The fourth-order valence-corrected chi connectivity index (χ4v) is 2.82. The van der Waals surface area contributed by atoms with Crippen molar-refractivity contribution in [2.45, 2.75) is 6.54 Å². The van der Waals surface area contributed by atoms with Gasteiger partial charge in [-0.15, -0.1) is 0 Å². The summed E-state index contributed by atoms with van der Waals surface area (Å²) in [6.07, 6.45) is 0. The van der Waals surface area contributed by atoms with Crippen LogP contribution in [0.15, 0.2) is 15.0 Å². The number of hydrogen-bond donors (Lipinski definition) is 1. The summed E-state index contributed by atoms with van der Waals surface area (Å²) in [5.41, 5.74) is -0.735. The molecule has 1 aromatic heterocycles. The summed E-state index contributed by atoms with van der Waals surface area (Å²) in [6, 6.07) is 1.38. The highest BCUT2D eigenvalue weighted by atomic mass is 79.9. The van der Waals surface area contributed by atoms with Crippen molar-refractivity contribution in [3.8, 4) is 0 Å². The molecule has 0 aliphatic heterocycles. The Morgan fingerprint density at radius 3 is 2.19 bits per heavy atom. The standard InChI is InChI=1S/C9H4Br2N4O6/c10-4-1-5-6(8(7(4)11)14(18)19)3(2-13(16)17)9(12-5)15(20)21/h1,12H,2H2. The summed E-state index contributed by atoms with van der Waals surface area (Å²) >= 11 is 6.09. The molecular weight excluding hydrogens is 420 g/mol. The molecule has 1 heterocycles. The number of halogens is 2. The molecule has 0 saturated carbocycles. The minimum Gasteiger partial charge on any atom is -0.358 e. The van der Waals surface area contributed by atoms with Crippen molar-refractivity contribution in [3.63, 3.8) is 0 Å². The number of aromatic amines is 1. The highest BCUT2D eigenvalue weighted by Gasteiger charge is 2.33. The molecule has 0 spiro atoms. The molecular formula is C9H4Br2N4O6. The van der Waals surface area contributed by atoms with Crippen LogP contribution in [0.3, 0.4) is 0 Å². The van der Waals surface area contributed by atoms with Crippen LogP contribution in [0.25, 0.3) is 10.9 Å². The first-order chi connectivity index (χ1) is 9.73. The Labute approximate surface area is 131 Å². The van der Waals surface area contributed by atoms with E-state index < -0.39 is 32.8 Å². The molecule has 21 heavy (non-hydrogen) atoms. The molecule has 0 unspecified atom stereocenters. The van der Waals surface area contributed by atoms with E-state index in [1.165, 1.54) is 6.07 Å². The number of H-pyrrole nitrogens is 1. The summed E-state index contributed by atoms with van der Waals surface area (Å²) < 4.78 is 0.351. The molecule has 0 aliphatic rings. The van der Waals surface area contributed by atoms with E-state index in [1.807, 2.05) is 0 Å². The zero-order valence-electron chi connectivity index (χ0n) is 9.83.